The van der Waals surface area contributed by atoms with Crippen molar-refractivity contribution < 1.29 is 0 Å². The van der Waals surface area contributed by atoms with Gasteiger partial charge in [-0.2, -0.15) is 5.10 Å². The van der Waals surface area contributed by atoms with Gasteiger partial charge in [-0.15, -0.1) is 0 Å². The van der Waals surface area contributed by atoms with Crippen LogP contribution in [0.4, 0.5) is 0 Å². The molecule has 1 saturated carbocycles. The lowest BCUT2D eigenvalue weighted by molar-refractivity contribution is 0.237. The Balaban J connectivity index is 1.69. The van der Waals surface area contributed by atoms with Gasteiger partial charge >= 0.3 is 0 Å². The number of nitrogens with two attached hydrogens (primary N) is 1. The second-order valence-corrected chi connectivity index (χ2v) is 6.24. The van der Waals surface area contributed by atoms with Crippen LogP contribution in [0.15, 0.2) is 42.6 Å². The summed E-state index contributed by atoms with van der Waals surface area (Å²) in [6, 6.07) is 12.4. The average molecular weight is 283 g/mol. The topological polar surface area (TPSA) is 43.8 Å². The molecule has 0 bridgehead atoms. The fourth-order valence-electron chi connectivity index (χ4n) is 3.44. The molecule has 1 heterocycles. The van der Waals surface area contributed by atoms with Crippen LogP contribution in [0.1, 0.15) is 50.8 Å². The second kappa shape index (κ2) is 6.44. The number of aromatic nitrogens is 2. The third-order valence-electron chi connectivity index (χ3n) is 4.95. The van der Waals surface area contributed by atoms with Gasteiger partial charge in [0.25, 0.3) is 0 Å². The van der Waals surface area contributed by atoms with Crippen LogP contribution in [0.5, 0.6) is 0 Å². The number of nitrogens with zero attached hydrogens (tertiary/aromatic N) is 2. The van der Waals surface area contributed by atoms with E-state index in [9.17, 15) is 0 Å². The fourth-order valence-corrected chi connectivity index (χ4v) is 3.44. The van der Waals surface area contributed by atoms with Gasteiger partial charge in [-0.25, -0.2) is 4.68 Å². The molecule has 1 unspecified atom stereocenters. The summed E-state index contributed by atoms with van der Waals surface area (Å²) in [4.78, 5) is 0. The number of benzene rings is 1. The van der Waals surface area contributed by atoms with E-state index >= 15 is 0 Å². The van der Waals surface area contributed by atoms with Crippen LogP contribution in [-0.4, -0.2) is 9.78 Å². The molecular formula is C18H25N3. The zero-order valence-electron chi connectivity index (χ0n) is 12.8. The minimum atomic E-state index is 0.0766. The first-order valence-corrected chi connectivity index (χ1v) is 8.14. The van der Waals surface area contributed by atoms with Gasteiger partial charge in [-0.3, -0.25) is 0 Å². The summed E-state index contributed by atoms with van der Waals surface area (Å²) >= 11 is 0. The monoisotopic (exact) mass is 283 g/mol. The molecule has 1 aliphatic rings. The Morgan fingerprint density at radius 3 is 2.52 bits per heavy atom. The average Bonchev–Trinajstić information content (AvgIpc) is 3.05. The Labute approximate surface area is 127 Å². The number of rotatable bonds is 4. The van der Waals surface area contributed by atoms with Gasteiger partial charge in [0.1, 0.15) is 0 Å². The van der Waals surface area contributed by atoms with Gasteiger partial charge in [0.15, 0.2) is 0 Å². The third kappa shape index (κ3) is 3.18. The molecule has 1 aromatic heterocycles. The van der Waals surface area contributed by atoms with Gasteiger partial charge < -0.3 is 5.73 Å². The number of hydrogen-bond donors (Lipinski definition) is 1. The maximum Gasteiger partial charge on any atom is 0.0799 e. The van der Waals surface area contributed by atoms with Crippen LogP contribution < -0.4 is 5.73 Å². The largest absolute Gasteiger partial charge is 0.322 e. The van der Waals surface area contributed by atoms with Gasteiger partial charge in [0, 0.05) is 6.20 Å². The van der Waals surface area contributed by atoms with Crippen molar-refractivity contribution in [1.29, 1.82) is 0 Å². The molecule has 0 aliphatic heterocycles. The number of para-hydroxylation sites is 1. The Hall–Kier alpha value is -1.61. The minimum Gasteiger partial charge on any atom is -0.322 e. The molecule has 0 amide bonds. The molecule has 21 heavy (non-hydrogen) atoms. The SMILES string of the molecule is CCC1CCC(C(N)c2ccn(-c3ccccc3)n2)CC1. The Morgan fingerprint density at radius 1 is 1.14 bits per heavy atom. The maximum atomic E-state index is 6.47. The van der Waals surface area contributed by atoms with Crippen LogP contribution >= 0.6 is 0 Å². The van der Waals surface area contributed by atoms with E-state index in [2.05, 4.69) is 30.2 Å². The Bertz CT molecular complexity index is 553. The summed E-state index contributed by atoms with van der Waals surface area (Å²) in [5.41, 5.74) is 8.59. The van der Waals surface area contributed by atoms with Crippen LogP contribution in [-0.2, 0) is 0 Å². The lowest BCUT2D eigenvalue weighted by atomic mass is 9.77. The molecule has 3 nitrogen and oxygen atoms in total. The Kier molecular flexibility index (Phi) is 4.39. The molecule has 112 valence electrons. The molecular weight excluding hydrogens is 258 g/mol. The minimum absolute atomic E-state index is 0.0766. The zero-order valence-corrected chi connectivity index (χ0v) is 12.8. The van der Waals surface area contributed by atoms with E-state index in [-0.39, 0.29) is 6.04 Å². The molecule has 0 spiro atoms. The quantitative estimate of drug-likeness (QED) is 0.918. The van der Waals surface area contributed by atoms with E-state index in [1.54, 1.807) is 0 Å². The van der Waals surface area contributed by atoms with E-state index in [1.165, 1.54) is 32.1 Å². The van der Waals surface area contributed by atoms with Crippen molar-refractivity contribution in [2.24, 2.45) is 17.6 Å². The van der Waals surface area contributed by atoms with Gasteiger partial charge in [0.2, 0.25) is 0 Å². The highest BCUT2D eigenvalue weighted by atomic mass is 15.3. The molecule has 2 N–H and O–H groups in total. The van der Waals surface area contributed by atoms with Crippen LogP contribution in [0.2, 0.25) is 0 Å². The maximum absolute atomic E-state index is 6.47. The molecule has 3 heteroatoms. The van der Waals surface area contributed by atoms with Crippen molar-refractivity contribution in [2.75, 3.05) is 0 Å². The van der Waals surface area contributed by atoms with E-state index in [0.717, 1.165) is 17.3 Å². The van der Waals surface area contributed by atoms with Crippen molar-refractivity contribution in [1.82, 2.24) is 9.78 Å². The van der Waals surface area contributed by atoms with Crippen molar-refractivity contribution in [3.05, 3.63) is 48.3 Å². The van der Waals surface area contributed by atoms with Crippen molar-refractivity contribution >= 4 is 0 Å². The van der Waals surface area contributed by atoms with Crippen molar-refractivity contribution in [2.45, 2.75) is 45.1 Å². The van der Waals surface area contributed by atoms with E-state index in [1.807, 2.05) is 29.1 Å². The third-order valence-corrected chi connectivity index (χ3v) is 4.95. The van der Waals surface area contributed by atoms with Crippen LogP contribution in [0, 0.1) is 11.8 Å². The molecule has 0 radical (unpaired) electrons. The first-order chi connectivity index (χ1) is 10.3. The normalized spacial score (nSPS) is 23.9. The summed E-state index contributed by atoms with van der Waals surface area (Å²) in [5.74, 6) is 1.50. The molecule has 1 aromatic carbocycles. The summed E-state index contributed by atoms with van der Waals surface area (Å²) in [6.45, 7) is 2.30. The Morgan fingerprint density at radius 2 is 1.86 bits per heavy atom. The van der Waals surface area contributed by atoms with Gasteiger partial charge in [0.05, 0.1) is 17.4 Å². The number of hydrogen-bond acceptors (Lipinski definition) is 2. The van der Waals surface area contributed by atoms with Crippen LogP contribution in [0.25, 0.3) is 5.69 Å². The highest BCUT2D eigenvalue weighted by Crippen LogP contribution is 2.36. The lowest BCUT2D eigenvalue weighted by Gasteiger charge is -2.30. The highest BCUT2D eigenvalue weighted by molar-refractivity contribution is 5.30. The summed E-state index contributed by atoms with van der Waals surface area (Å²) in [6.07, 6.45) is 8.48. The molecule has 1 aliphatic carbocycles. The molecule has 1 atom stereocenters. The predicted octanol–water partition coefficient (Wildman–Crippen LogP) is 4.09. The van der Waals surface area contributed by atoms with E-state index < -0.39 is 0 Å². The summed E-state index contributed by atoms with van der Waals surface area (Å²) < 4.78 is 1.92. The molecule has 0 saturated heterocycles. The lowest BCUT2D eigenvalue weighted by Crippen LogP contribution is -2.26. The fraction of sp³-hybridized carbons (Fsp3) is 0.500. The standard InChI is InChI=1S/C18H25N3/c1-2-14-8-10-15(11-9-14)18(19)17-12-13-21(20-17)16-6-4-3-5-7-16/h3-7,12-15,18H,2,8-11,19H2,1H3. The summed E-state index contributed by atoms with van der Waals surface area (Å²) in [7, 11) is 0. The summed E-state index contributed by atoms with van der Waals surface area (Å²) in [5, 5.41) is 4.69. The van der Waals surface area contributed by atoms with Crippen LogP contribution in [0.3, 0.4) is 0 Å². The van der Waals surface area contributed by atoms with Gasteiger partial charge in [-0.05, 0) is 42.9 Å². The first-order valence-electron chi connectivity index (χ1n) is 8.14. The highest BCUT2D eigenvalue weighted by Gasteiger charge is 2.26. The van der Waals surface area contributed by atoms with E-state index in [0.29, 0.717) is 5.92 Å². The molecule has 1 fully saturated rings. The smallest absolute Gasteiger partial charge is 0.0799 e. The molecule has 2 aromatic rings. The van der Waals surface area contributed by atoms with E-state index in [4.69, 9.17) is 5.73 Å². The molecule has 3 rings (SSSR count). The van der Waals surface area contributed by atoms with Crippen molar-refractivity contribution in [3.8, 4) is 5.69 Å². The predicted molar refractivity (Wildman–Crippen MR) is 86.2 cm³/mol. The first kappa shape index (κ1) is 14.3. The second-order valence-electron chi connectivity index (χ2n) is 6.24. The van der Waals surface area contributed by atoms with Crippen molar-refractivity contribution in [3.63, 3.8) is 0 Å². The van der Waals surface area contributed by atoms with Gasteiger partial charge in [-0.1, -0.05) is 44.4 Å². The zero-order chi connectivity index (χ0) is 14.7.